The number of aromatic nitrogens is 4. The Morgan fingerprint density at radius 3 is 2.36 bits per heavy atom. The van der Waals surface area contributed by atoms with Crippen molar-refractivity contribution in [1.29, 1.82) is 0 Å². The van der Waals surface area contributed by atoms with Gasteiger partial charge in [0.1, 0.15) is 11.9 Å². The van der Waals surface area contributed by atoms with Gasteiger partial charge in [-0.25, -0.2) is 18.1 Å². The van der Waals surface area contributed by atoms with Gasteiger partial charge in [-0.05, 0) is 82.1 Å². The van der Waals surface area contributed by atoms with Gasteiger partial charge in [0.2, 0.25) is 27.8 Å². The Morgan fingerprint density at radius 1 is 0.891 bits per heavy atom. The molecule has 4 aromatic rings. The molecule has 0 bridgehead atoms. The van der Waals surface area contributed by atoms with E-state index in [0.29, 0.717) is 42.8 Å². The molecule has 0 radical (unpaired) electrons. The number of rotatable bonds is 10. The summed E-state index contributed by atoms with van der Waals surface area (Å²) in [5, 5.41) is 17.3. The van der Waals surface area contributed by atoms with Gasteiger partial charge in [-0.2, -0.15) is 4.98 Å². The molecule has 18 heteroatoms. The molecule has 55 heavy (non-hydrogen) atoms. The largest absolute Gasteiger partial charge is 0.353 e. The number of nitrogens with zero attached hydrogens (tertiary/aromatic N) is 7. The van der Waals surface area contributed by atoms with Gasteiger partial charge in [-0.3, -0.25) is 34.3 Å². The zero-order valence-corrected chi connectivity index (χ0v) is 31.6. The minimum Gasteiger partial charge on any atom is -0.353 e. The van der Waals surface area contributed by atoms with Crippen LogP contribution in [0.4, 0.5) is 29.1 Å². The quantitative estimate of drug-likeness (QED) is 0.171. The molecule has 1 unspecified atom stereocenters. The van der Waals surface area contributed by atoms with Crippen LogP contribution in [0.3, 0.4) is 0 Å². The van der Waals surface area contributed by atoms with E-state index in [4.69, 9.17) is 0 Å². The Hall–Kier alpha value is -5.85. The second-order valence-electron chi connectivity index (χ2n) is 14.7. The highest BCUT2D eigenvalue weighted by molar-refractivity contribution is 7.89. The van der Waals surface area contributed by atoms with Gasteiger partial charge in [0.05, 0.1) is 16.0 Å². The van der Waals surface area contributed by atoms with E-state index >= 15 is 0 Å². The van der Waals surface area contributed by atoms with Crippen molar-refractivity contribution < 1.29 is 27.6 Å². The molecule has 5 heterocycles. The molecule has 2 fully saturated rings. The van der Waals surface area contributed by atoms with Gasteiger partial charge in [0.15, 0.2) is 11.6 Å². The third-order valence-corrected chi connectivity index (χ3v) is 11.1. The number of carbonyl (C=O) groups excluding carboxylic acids is 4. The Bertz CT molecular complexity index is 2290. The number of hydrogen-bond acceptors (Lipinski definition) is 14. The standard InChI is InChI=1S/C37H41N11O6S/c1-22-20-38-36(42-32(22)39-24-6-5-7-25(19-24)55(53,54)45-37(2,3)4)40-29-11-12-30(44-43-29)47-16-14-46(15-17-47)21-23-8-9-26-27(18-23)35(52)48(34(26)51)28-10-13-31(49)41-33(28)50/h5-9,11-12,18-20,28,45H,10,13-17,21H2,1-4H3,(H,41,49,50)(H2,38,39,40,42,43). The highest BCUT2D eigenvalue weighted by atomic mass is 32.2. The zero-order chi connectivity index (χ0) is 39.1. The molecule has 2 saturated heterocycles. The third-order valence-electron chi connectivity index (χ3n) is 9.32. The van der Waals surface area contributed by atoms with E-state index in [0.717, 1.165) is 29.1 Å². The second kappa shape index (κ2) is 14.8. The number of amides is 4. The fraction of sp³-hybridized carbons (Fsp3) is 0.351. The monoisotopic (exact) mass is 767 g/mol. The Labute approximate surface area is 318 Å². The third kappa shape index (κ3) is 8.30. The summed E-state index contributed by atoms with van der Waals surface area (Å²) in [6, 6.07) is 14.4. The number of imide groups is 2. The van der Waals surface area contributed by atoms with Gasteiger partial charge >= 0.3 is 0 Å². The van der Waals surface area contributed by atoms with Crippen molar-refractivity contribution in [2.75, 3.05) is 41.7 Å². The van der Waals surface area contributed by atoms with Gasteiger partial charge in [0, 0.05) is 62.1 Å². The van der Waals surface area contributed by atoms with E-state index in [1.165, 1.54) is 6.07 Å². The van der Waals surface area contributed by atoms with Gasteiger partial charge in [-0.15, -0.1) is 10.2 Å². The van der Waals surface area contributed by atoms with Crippen molar-refractivity contribution in [1.82, 2.24) is 40.0 Å². The average molecular weight is 768 g/mol. The van der Waals surface area contributed by atoms with E-state index in [2.05, 4.69) is 50.6 Å². The maximum absolute atomic E-state index is 13.2. The fourth-order valence-corrected chi connectivity index (χ4v) is 8.12. The number of piperazine rings is 1. The van der Waals surface area contributed by atoms with E-state index in [-0.39, 0.29) is 34.8 Å². The summed E-state index contributed by atoms with van der Waals surface area (Å²) in [7, 11) is -3.73. The van der Waals surface area contributed by atoms with Gasteiger partial charge < -0.3 is 15.5 Å². The van der Waals surface area contributed by atoms with E-state index in [9.17, 15) is 27.6 Å². The van der Waals surface area contributed by atoms with Crippen LogP contribution in [0.1, 0.15) is 65.5 Å². The summed E-state index contributed by atoms with van der Waals surface area (Å²) in [5.74, 6) is -0.153. The molecule has 4 N–H and O–H groups in total. The summed E-state index contributed by atoms with van der Waals surface area (Å²) in [6.07, 6.45) is 1.83. The average Bonchev–Trinajstić information content (AvgIpc) is 3.37. The SMILES string of the molecule is Cc1cnc(Nc2ccc(N3CCN(Cc4ccc5c(c4)C(=O)N(C4CCC(=O)NC4=O)C5=O)CC3)nn2)nc1Nc1cccc(S(=O)(=O)NC(C)(C)C)c1. The molecule has 1 atom stereocenters. The van der Waals surface area contributed by atoms with Crippen molar-refractivity contribution in [2.24, 2.45) is 0 Å². The Balaban J connectivity index is 0.933. The number of fused-ring (bicyclic) bond motifs is 1. The highest BCUT2D eigenvalue weighted by Crippen LogP contribution is 2.29. The maximum Gasteiger partial charge on any atom is 0.262 e. The maximum atomic E-state index is 13.2. The number of piperidine rings is 1. The van der Waals surface area contributed by atoms with Crippen LogP contribution in [0.15, 0.2) is 65.7 Å². The summed E-state index contributed by atoms with van der Waals surface area (Å²) in [6.45, 7) is 10.6. The molecule has 286 valence electrons. The van der Waals surface area contributed by atoms with Crippen LogP contribution in [0, 0.1) is 6.92 Å². The van der Waals surface area contributed by atoms with Crippen LogP contribution in [0.25, 0.3) is 0 Å². The molecule has 0 spiro atoms. The molecular weight excluding hydrogens is 727 g/mol. The number of aryl methyl sites for hydroxylation is 1. The smallest absolute Gasteiger partial charge is 0.262 e. The molecular formula is C37H41N11O6S. The first kappa shape index (κ1) is 37.5. The van der Waals surface area contributed by atoms with Crippen molar-refractivity contribution >= 4 is 62.7 Å². The summed E-state index contributed by atoms with van der Waals surface area (Å²) in [4.78, 5) is 64.7. The van der Waals surface area contributed by atoms with Gasteiger partial charge in [0.25, 0.3) is 11.8 Å². The molecule has 4 amide bonds. The molecule has 7 rings (SSSR count). The summed E-state index contributed by atoms with van der Waals surface area (Å²) >= 11 is 0. The van der Waals surface area contributed by atoms with Crippen LogP contribution < -0.4 is 25.6 Å². The highest BCUT2D eigenvalue weighted by Gasteiger charge is 2.44. The molecule has 3 aliphatic heterocycles. The number of nitrogens with one attached hydrogen (secondary N) is 4. The minimum atomic E-state index is -3.73. The second-order valence-corrected chi connectivity index (χ2v) is 16.4. The lowest BCUT2D eigenvalue weighted by Gasteiger charge is -2.35. The topological polar surface area (TPSA) is 212 Å². The predicted octanol–water partition coefficient (Wildman–Crippen LogP) is 2.86. The lowest BCUT2D eigenvalue weighted by Crippen LogP contribution is -2.54. The number of benzene rings is 2. The molecule has 2 aromatic carbocycles. The first-order valence-electron chi connectivity index (χ1n) is 17.8. The Morgan fingerprint density at radius 2 is 1.65 bits per heavy atom. The van der Waals surface area contributed by atoms with Crippen LogP contribution in [-0.4, -0.2) is 99.8 Å². The Kier molecular flexibility index (Phi) is 10.1. The van der Waals surface area contributed by atoms with Crippen LogP contribution in [-0.2, 0) is 26.2 Å². The van der Waals surface area contributed by atoms with Crippen molar-refractivity contribution in [3.05, 3.63) is 83.0 Å². The number of hydrogen-bond donors (Lipinski definition) is 4. The van der Waals surface area contributed by atoms with E-state index in [1.807, 2.05) is 19.1 Å². The van der Waals surface area contributed by atoms with Crippen LogP contribution >= 0.6 is 0 Å². The predicted molar refractivity (Wildman–Crippen MR) is 202 cm³/mol. The number of anilines is 5. The van der Waals surface area contributed by atoms with E-state index in [1.54, 1.807) is 63.4 Å². The minimum absolute atomic E-state index is 0.0711. The van der Waals surface area contributed by atoms with Crippen molar-refractivity contribution in [3.8, 4) is 0 Å². The van der Waals surface area contributed by atoms with Crippen molar-refractivity contribution in [3.63, 3.8) is 0 Å². The summed E-state index contributed by atoms with van der Waals surface area (Å²) < 4.78 is 28.4. The fourth-order valence-electron chi connectivity index (χ4n) is 6.65. The normalized spacial score (nSPS) is 18.0. The molecule has 0 saturated carbocycles. The number of sulfonamides is 1. The first-order valence-corrected chi connectivity index (χ1v) is 19.3. The van der Waals surface area contributed by atoms with E-state index < -0.39 is 45.2 Å². The molecule has 2 aromatic heterocycles. The molecule has 0 aliphatic carbocycles. The molecule has 3 aliphatic rings. The summed E-state index contributed by atoms with van der Waals surface area (Å²) in [5.41, 5.74) is 2.08. The first-order chi connectivity index (χ1) is 26.1. The van der Waals surface area contributed by atoms with Crippen LogP contribution in [0.2, 0.25) is 0 Å². The van der Waals surface area contributed by atoms with Crippen molar-refractivity contribution in [2.45, 2.75) is 63.6 Å². The lowest BCUT2D eigenvalue weighted by molar-refractivity contribution is -0.136. The van der Waals surface area contributed by atoms with Gasteiger partial charge in [-0.1, -0.05) is 12.1 Å². The molecule has 17 nitrogen and oxygen atoms in total. The lowest BCUT2D eigenvalue weighted by atomic mass is 10.0. The number of carbonyl (C=O) groups is 4. The van der Waals surface area contributed by atoms with Crippen LogP contribution in [0.5, 0.6) is 0 Å². The zero-order valence-electron chi connectivity index (χ0n) is 30.8.